The highest BCUT2D eigenvalue weighted by Gasteiger charge is 2.32. The average molecular weight is 511 g/mol. The number of halogens is 3. The predicted molar refractivity (Wildman–Crippen MR) is 124 cm³/mol. The van der Waals surface area contributed by atoms with E-state index in [0.717, 1.165) is 31.2 Å². The first kappa shape index (κ1) is 25.1. The van der Waals surface area contributed by atoms with Gasteiger partial charge in [-0.3, -0.25) is 9.59 Å². The van der Waals surface area contributed by atoms with Gasteiger partial charge in [-0.1, -0.05) is 23.9 Å². The van der Waals surface area contributed by atoms with Gasteiger partial charge in [0.05, 0.1) is 12.3 Å². The maximum atomic E-state index is 13.2. The van der Waals surface area contributed by atoms with E-state index in [2.05, 4.69) is 9.97 Å². The van der Waals surface area contributed by atoms with Crippen LogP contribution in [0.5, 0.6) is 5.88 Å². The Hall–Kier alpha value is -3.02. The molecule has 1 aromatic heterocycles. The van der Waals surface area contributed by atoms with Crippen LogP contribution in [0.1, 0.15) is 53.9 Å². The molecule has 1 aromatic carbocycles. The molecule has 8 nitrogen and oxygen atoms in total. The summed E-state index contributed by atoms with van der Waals surface area (Å²) in [5, 5.41) is 8.78. The zero-order valence-electron chi connectivity index (χ0n) is 18.8. The summed E-state index contributed by atoms with van der Waals surface area (Å²) in [5.41, 5.74) is 7.63. The monoisotopic (exact) mass is 510 g/mol. The molecule has 12 heteroatoms. The van der Waals surface area contributed by atoms with Crippen LogP contribution in [-0.4, -0.2) is 52.0 Å². The van der Waals surface area contributed by atoms with Gasteiger partial charge in [0.1, 0.15) is 18.0 Å². The predicted octanol–water partition coefficient (Wildman–Crippen LogP) is 4.50. The molecule has 2 aliphatic rings. The van der Waals surface area contributed by atoms with Gasteiger partial charge in [-0.2, -0.15) is 18.2 Å². The van der Waals surface area contributed by atoms with E-state index in [0.29, 0.717) is 23.4 Å². The highest BCUT2D eigenvalue weighted by molar-refractivity contribution is 7.99. The maximum absolute atomic E-state index is 13.2. The number of amides is 1. The average Bonchev–Trinajstić information content (AvgIpc) is 2.96. The van der Waals surface area contributed by atoms with E-state index in [1.165, 1.54) is 4.90 Å². The van der Waals surface area contributed by atoms with Crippen LogP contribution in [0, 0.1) is 5.92 Å². The van der Waals surface area contributed by atoms with Gasteiger partial charge < -0.3 is 20.5 Å². The van der Waals surface area contributed by atoms with Gasteiger partial charge in [0.2, 0.25) is 5.88 Å². The number of alkyl halides is 3. The summed E-state index contributed by atoms with van der Waals surface area (Å²) in [7, 11) is 0. The number of fused-ring (bicyclic) bond motifs is 1. The van der Waals surface area contributed by atoms with Crippen LogP contribution < -0.4 is 15.4 Å². The Balaban J connectivity index is 1.47. The van der Waals surface area contributed by atoms with E-state index in [4.69, 9.17) is 15.6 Å². The lowest BCUT2D eigenvalue weighted by molar-refractivity contribution is -0.138. The lowest BCUT2D eigenvalue weighted by atomic mass is 9.77. The van der Waals surface area contributed by atoms with Gasteiger partial charge >= 0.3 is 12.1 Å². The number of nitrogens with zero attached hydrogens (tertiary/aromatic N) is 3. The van der Waals surface area contributed by atoms with Crippen molar-refractivity contribution in [1.29, 1.82) is 0 Å². The Bertz CT molecular complexity index is 1090. The number of carbonyl (C=O) groups excluding carboxylic acids is 1. The van der Waals surface area contributed by atoms with E-state index in [1.807, 2.05) is 24.3 Å². The van der Waals surface area contributed by atoms with Crippen LogP contribution in [0.25, 0.3) is 0 Å². The van der Waals surface area contributed by atoms with Gasteiger partial charge in [-0.05, 0) is 55.2 Å². The first-order valence-electron chi connectivity index (χ1n) is 11.2. The second-order valence-corrected chi connectivity index (χ2v) is 9.63. The Morgan fingerprint density at radius 2 is 1.86 bits per heavy atom. The van der Waals surface area contributed by atoms with Crippen molar-refractivity contribution in [3.63, 3.8) is 0 Å². The van der Waals surface area contributed by atoms with Crippen LogP contribution in [-0.2, 0) is 4.79 Å². The fraction of sp³-hybridized carbons (Fsp3) is 0.478. The van der Waals surface area contributed by atoms with Crippen LogP contribution in [0.4, 0.5) is 24.7 Å². The summed E-state index contributed by atoms with van der Waals surface area (Å²) in [5.74, 6) is -2.21. The summed E-state index contributed by atoms with van der Waals surface area (Å²) in [6, 6.07) is 7.61. The van der Waals surface area contributed by atoms with E-state index in [1.54, 1.807) is 0 Å². The molecule has 0 radical (unpaired) electrons. The highest BCUT2D eigenvalue weighted by Crippen LogP contribution is 2.38. The fourth-order valence-corrected chi connectivity index (χ4v) is 5.15. The second-order valence-electron chi connectivity index (χ2n) is 8.69. The van der Waals surface area contributed by atoms with Crippen molar-refractivity contribution < 1.29 is 32.6 Å². The second kappa shape index (κ2) is 10.3. The van der Waals surface area contributed by atoms with Crippen molar-refractivity contribution in [2.24, 2.45) is 5.92 Å². The molecular weight excluding hydrogens is 485 g/mol. The molecule has 4 rings (SSSR count). The van der Waals surface area contributed by atoms with Crippen molar-refractivity contribution in [3.05, 3.63) is 35.4 Å². The standard InChI is InChI=1S/C23H25F3N4O4S/c24-23(25,26)12-35-22-28-19(27)18-20(29-22)34-10-9-30(21(18)33)16-7-5-15(6-8-16)14-3-1-13(2-4-14)11-17(31)32/h5-8,13-14H,1-4,9-12H2,(H,31,32)(H2,27,28,29)/t13-,14-. The van der Waals surface area contributed by atoms with Crippen molar-refractivity contribution in [2.45, 2.75) is 49.4 Å². The first-order valence-corrected chi connectivity index (χ1v) is 12.2. The van der Waals surface area contributed by atoms with E-state index < -0.39 is 23.8 Å². The number of aromatic nitrogens is 2. The number of nitrogens with two attached hydrogens (primary N) is 1. The van der Waals surface area contributed by atoms with Gasteiger partial charge in [0.25, 0.3) is 5.91 Å². The number of aliphatic carboxylic acids is 1. The molecule has 1 aliphatic carbocycles. The number of carbonyl (C=O) groups is 2. The number of rotatable bonds is 6. The van der Waals surface area contributed by atoms with E-state index in [9.17, 15) is 22.8 Å². The highest BCUT2D eigenvalue weighted by atomic mass is 32.2. The Kier molecular flexibility index (Phi) is 7.39. The molecule has 0 bridgehead atoms. The minimum absolute atomic E-state index is 0.0697. The van der Waals surface area contributed by atoms with E-state index >= 15 is 0 Å². The summed E-state index contributed by atoms with van der Waals surface area (Å²) in [4.78, 5) is 33.5. The van der Waals surface area contributed by atoms with Gasteiger partial charge in [-0.25, -0.2) is 4.98 Å². The minimum Gasteiger partial charge on any atom is -0.481 e. The topological polar surface area (TPSA) is 119 Å². The number of carboxylic acids is 1. The molecule has 0 unspecified atom stereocenters. The summed E-state index contributed by atoms with van der Waals surface area (Å²) >= 11 is 0.376. The first-order chi connectivity index (χ1) is 16.6. The molecule has 1 amide bonds. The molecule has 2 aromatic rings. The van der Waals surface area contributed by atoms with Crippen molar-refractivity contribution in [1.82, 2.24) is 9.97 Å². The Morgan fingerprint density at radius 3 is 2.49 bits per heavy atom. The number of hydrogen-bond acceptors (Lipinski definition) is 7. The Labute approximate surface area is 204 Å². The van der Waals surface area contributed by atoms with Gasteiger partial charge in [-0.15, -0.1) is 0 Å². The third-order valence-electron chi connectivity index (χ3n) is 6.25. The number of hydrogen-bond donors (Lipinski definition) is 2. The zero-order chi connectivity index (χ0) is 25.2. The summed E-state index contributed by atoms with van der Waals surface area (Å²) in [6.07, 6.45) is -0.595. The number of benzene rings is 1. The molecule has 2 heterocycles. The molecule has 1 saturated carbocycles. The molecule has 0 saturated heterocycles. The summed E-state index contributed by atoms with van der Waals surface area (Å²) in [6.45, 7) is 0.299. The molecule has 188 valence electrons. The van der Waals surface area contributed by atoms with Crippen LogP contribution in [0.3, 0.4) is 0 Å². The van der Waals surface area contributed by atoms with Crippen molar-refractivity contribution >= 4 is 35.1 Å². The smallest absolute Gasteiger partial charge is 0.398 e. The number of nitrogen functional groups attached to an aromatic ring is 1. The van der Waals surface area contributed by atoms with Crippen molar-refractivity contribution in [2.75, 3.05) is 29.5 Å². The van der Waals surface area contributed by atoms with Crippen LogP contribution in [0.15, 0.2) is 29.4 Å². The summed E-state index contributed by atoms with van der Waals surface area (Å²) < 4.78 is 43.2. The van der Waals surface area contributed by atoms with E-state index in [-0.39, 0.29) is 47.9 Å². The number of thioether (sulfide) groups is 1. The van der Waals surface area contributed by atoms with Crippen molar-refractivity contribution in [3.8, 4) is 5.88 Å². The quantitative estimate of drug-likeness (QED) is 0.431. The maximum Gasteiger partial charge on any atom is 0.398 e. The SMILES string of the molecule is Nc1nc(SCC(F)(F)F)nc2c1C(=O)N(c1ccc([C@H]3CC[C@H](CC(=O)O)CC3)cc1)CCO2. The molecule has 1 fully saturated rings. The number of ether oxygens (including phenoxy) is 1. The minimum atomic E-state index is -4.40. The Morgan fingerprint density at radius 1 is 1.17 bits per heavy atom. The number of anilines is 2. The molecular formula is C23H25F3N4O4S. The van der Waals surface area contributed by atoms with Gasteiger partial charge in [0.15, 0.2) is 5.16 Å². The molecule has 0 spiro atoms. The third kappa shape index (κ3) is 6.16. The molecule has 3 N–H and O–H groups in total. The lowest BCUT2D eigenvalue weighted by Gasteiger charge is -2.28. The van der Waals surface area contributed by atoms with Crippen LogP contribution >= 0.6 is 11.8 Å². The third-order valence-corrected chi connectivity index (χ3v) is 7.16. The zero-order valence-corrected chi connectivity index (χ0v) is 19.6. The normalized spacial score (nSPS) is 20.7. The molecule has 0 atom stereocenters. The van der Waals surface area contributed by atoms with Gasteiger partial charge in [0, 0.05) is 12.1 Å². The lowest BCUT2D eigenvalue weighted by Crippen LogP contribution is -2.32. The fourth-order valence-electron chi connectivity index (χ4n) is 4.54. The number of carboxylic acid groups (broad SMARTS) is 1. The molecule has 1 aliphatic heterocycles. The molecule has 35 heavy (non-hydrogen) atoms. The van der Waals surface area contributed by atoms with Crippen LogP contribution in [0.2, 0.25) is 0 Å². The largest absolute Gasteiger partial charge is 0.481 e.